The van der Waals surface area contributed by atoms with E-state index in [1.165, 1.54) is 0 Å². The zero-order valence-corrected chi connectivity index (χ0v) is 14.0. The lowest BCUT2D eigenvalue weighted by Crippen LogP contribution is -2.46. The van der Waals surface area contributed by atoms with E-state index < -0.39 is 0 Å². The molecule has 3 rings (SSSR count). The minimum absolute atomic E-state index is 0.613. The molecule has 23 heavy (non-hydrogen) atoms. The number of benzene rings is 1. The Morgan fingerprint density at radius 2 is 1.96 bits per heavy atom. The van der Waals surface area contributed by atoms with Crippen LogP contribution in [-0.2, 0) is 6.54 Å². The minimum Gasteiger partial charge on any atom is -0.364 e. The number of piperazine rings is 1. The van der Waals surface area contributed by atoms with Gasteiger partial charge in [0.2, 0.25) is 5.95 Å². The molecule has 0 bridgehead atoms. The second-order valence-electron chi connectivity index (χ2n) is 5.51. The number of likely N-dealkylation sites (N-methyl/N-ethyl adjacent to an activating group) is 1. The predicted molar refractivity (Wildman–Crippen MR) is 92.9 cm³/mol. The molecule has 1 aromatic heterocycles. The summed E-state index contributed by atoms with van der Waals surface area (Å²) in [5, 5.41) is 12.3. The van der Waals surface area contributed by atoms with Crippen molar-refractivity contribution in [2.24, 2.45) is 0 Å². The second kappa shape index (κ2) is 7.57. The van der Waals surface area contributed by atoms with Gasteiger partial charge >= 0.3 is 0 Å². The van der Waals surface area contributed by atoms with Crippen LogP contribution in [0.2, 0.25) is 5.02 Å². The number of halogens is 1. The number of rotatable bonds is 5. The first kappa shape index (κ1) is 16.0. The van der Waals surface area contributed by atoms with Crippen LogP contribution in [0.5, 0.6) is 0 Å². The van der Waals surface area contributed by atoms with Gasteiger partial charge in [-0.05, 0) is 18.2 Å². The fourth-order valence-electron chi connectivity index (χ4n) is 2.60. The van der Waals surface area contributed by atoms with Gasteiger partial charge in [0.15, 0.2) is 5.82 Å². The molecule has 2 aromatic rings. The van der Waals surface area contributed by atoms with Crippen molar-refractivity contribution in [3.8, 4) is 0 Å². The standard InChI is InChI=1S/C16H21ClN6/c1-2-22-7-9-23(10-8-22)16-20-15(12-19-21-16)18-11-13-5-3-4-6-14(13)17/h3-6,12H,2,7-11H2,1H3,(H,18,20,21). The molecule has 0 amide bonds. The first-order valence-corrected chi connectivity index (χ1v) is 8.28. The molecule has 0 unspecified atom stereocenters. The molecule has 0 saturated carbocycles. The molecule has 0 spiro atoms. The lowest BCUT2D eigenvalue weighted by molar-refractivity contribution is 0.269. The fraction of sp³-hybridized carbons (Fsp3) is 0.438. The highest BCUT2D eigenvalue weighted by atomic mass is 35.5. The average Bonchev–Trinajstić information content (AvgIpc) is 2.61. The van der Waals surface area contributed by atoms with Crippen molar-refractivity contribution >= 4 is 23.4 Å². The van der Waals surface area contributed by atoms with Crippen LogP contribution in [0.1, 0.15) is 12.5 Å². The number of hydrogen-bond acceptors (Lipinski definition) is 6. The smallest absolute Gasteiger partial charge is 0.247 e. The summed E-state index contributed by atoms with van der Waals surface area (Å²) >= 11 is 6.17. The molecule has 1 fully saturated rings. The summed E-state index contributed by atoms with van der Waals surface area (Å²) in [6, 6.07) is 7.77. The van der Waals surface area contributed by atoms with Gasteiger partial charge in [-0.3, -0.25) is 0 Å². The number of nitrogens with zero attached hydrogens (tertiary/aromatic N) is 5. The van der Waals surface area contributed by atoms with Crippen molar-refractivity contribution in [2.45, 2.75) is 13.5 Å². The van der Waals surface area contributed by atoms with Crippen LogP contribution in [-0.4, -0.2) is 52.8 Å². The number of hydrogen-bond donors (Lipinski definition) is 1. The topological polar surface area (TPSA) is 57.2 Å². The summed E-state index contributed by atoms with van der Waals surface area (Å²) in [5.41, 5.74) is 1.03. The lowest BCUT2D eigenvalue weighted by Gasteiger charge is -2.33. The first-order valence-electron chi connectivity index (χ1n) is 7.90. The van der Waals surface area contributed by atoms with Gasteiger partial charge in [-0.25, -0.2) is 0 Å². The summed E-state index contributed by atoms with van der Waals surface area (Å²) in [6.07, 6.45) is 1.64. The summed E-state index contributed by atoms with van der Waals surface area (Å²) in [7, 11) is 0. The number of anilines is 2. The summed E-state index contributed by atoms with van der Waals surface area (Å²) in [6.45, 7) is 7.84. The molecule has 0 radical (unpaired) electrons. The zero-order chi connectivity index (χ0) is 16.1. The van der Waals surface area contributed by atoms with E-state index >= 15 is 0 Å². The van der Waals surface area contributed by atoms with Gasteiger partial charge in [-0.1, -0.05) is 36.7 Å². The van der Waals surface area contributed by atoms with Crippen molar-refractivity contribution in [3.63, 3.8) is 0 Å². The molecule has 0 aliphatic carbocycles. The maximum Gasteiger partial charge on any atom is 0.247 e. The van der Waals surface area contributed by atoms with E-state index in [0.717, 1.165) is 43.3 Å². The molecule has 6 nitrogen and oxygen atoms in total. The van der Waals surface area contributed by atoms with Crippen LogP contribution in [0, 0.1) is 0 Å². The Morgan fingerprint density at radius 1 is 1.17 bits per heavy atom. The van der Waals surface area contributed by atoms with Crippen molar-refractivity contribution in [3.05, 3.63) is 41.0 Å². The SMILES string of the molecule is CCN1CCN(c2nncc(NCc3ccccc3Cl)n2)CC1. The molecule has 1 aliphatic heterocycles. The monoisotopic (exact) mass is 332 g/mol. The highest BCUT2D eigenvalue weighted by molar-refractivity contribution is 6.31. The molecule has 1 saturated heterocycles. The maximum absolute atomic E-state index is 6.17. The van der Waals surface area contributed by atoms with Crippen molar-refractivity contribution < 1.29 is 0 Å². The van der Waals surface area contributed by atoms with Gasteiger partial charge in [0.25, 0.3) is 0 Å². The van der Waals surface area contributed by atoms with E-state index in [0.29, 0.717) is 18.3 Å². The Balaban J connectivity index is 1.63. The number of nitrogens with one attached hydrogen (secondary N) is 1. The minimum atomic E-state index is 0.613. The Kier molecular flexibility index (Phi) is 5.25. The molecule has 1 N–H and O–H groups in total. The quantitative estimate of drug-likeness (QED) is 0.906. The predicted octanol–water partition coefficient (Wildman–Crippen LogP) is 2.28. The highest BCUT2D eigenvalue weighted by Crippen LogP contribution is 2.17. The van der Waals surface area contributed by atoms with Crippen LogP contribution >= 0.6 is 11.6 Å². The van der Waals surface area contributed by atoms with Gasteiger partial charge in [-0.15, -0.1) is 5.10 Å². The lowest BCUT2D eigenvalue weighted by atomic mass is 10.2. The molecule has 2 heterocycles. The molecule has 7 heteroatoms. The molecule has 1 aromatic carbocycles. The van der Waals surface area contributed by atoms with Gasteiger partial charge in [-0.2, -0.15) is 10.1 Å². The second-order valence-corrected chi connectivity index (χ2v) is 5.92. The first-order chi connectivity index (χ1) is 11.3. The summed E-state index contributed by atoms with van der Waals surface area (Å²) in [4.78, 5) is 9.17. The van der Waals surface area contributed by atoms with Crippen molar-refractivity contribution in [1.29, 1.82) is 0 Å². The van der Waals surface area contributed by atoms with E-state index in [-0.39, 0.29) is 0 Å². The van der Waals surface area contributed by atoms with Gasteiger partial charge in [0, 0.05) is 37.7 Å². The van der Waals surface area contributed by atoms with E-state index in [1.54, 1.807) is 6.20 Å². The summed E-state index contributed by atoms with van der Waals surface area (Å²) < 4.78 is 0. The normalized spacial score (nSPS) is 15.7. The summed E-state index contributed by atoms with van der Waals surface area (Å²) in [5.74, 6) is 1.40. The Bertz CT molecular complexity index is 642. The largest absolute Gasteiger partial charge is 0.364 e. The van der Waals surface area contributed by atoms with Crippen LogP contribution in [0.3, 0.4) is 0 Å². The van der Waals surface area contributed by atoms with Gasteiger partial charge in [0.05, 0.1) is 6.20 Å². The third-order valence-electron chi connectivity index (χ3n) is 4.07. The zero-order valence-electron chi connectivity index (χ0n) is 13.2. The van der Waals surface area contributed by atoms with Crippen LogP contribution in [0.4, 0.5) is 11.8 Å². The average molecular weight is 333 g/mol. The third kappa shape index (κ3) is 4.09. The highest BCUT2D eigenvalue weighted by Gasteiger charge is 2.18. The van der Waals surface area contributed by atoms with Crippen molar-refractivity contribution in [1.82, 2.24) is 20.1 Å². The third-order valence-corrected chi connectivity index (χ3v) is 4.44. The van der Waals surface area contributed by atoms with Crippen molar-refractivity contribution in [2.75, 3.05) is 42.9 Å². The Hall–Kier alpha value is -1.92. The van der Waals surface area contributed by atoms with E-state index in [4.69, 9.17) is 11.6 Å². The van der Waals surface area contributed by atoms with Crippen LogP contribution in [0.15, 0.2) is 30.5 Å². The van der Waals surface area contributed by atoms with Gasteiger partial charge < -0.3 is 15.1 Å². The van der Waals surface area contributed by atoms with Crippen LogP contribution < -0.4 is 10.2 Å². The van der Waals surface area contributed by atoms with E-state index in [1.807, 2.05) is 24.3 Å². The molecule has 122 valence electrons. The molecular weight excluding hydrogens is 312 g/mol. The molecular formula is C16H21ClN6. The fourth-order valence-corrected chi connectivity index (χ4v) is 2.81. The van der Waals surface area contributed by atoms with Crippen LogP contribution in [0.25, 0.3) is 0 Å². The van der Waals surface area contributed by atoms with E-state index in [9.17, 15) is 0 Å². The van der Waals surface area contributed by atoms with E-state index in [2.05, 4.69) is 37.2 Å². The Labute approximate surface area is 141 Å². The number of aromatic nitrogens is 3. The Morgan fingerprint density at radius 3 is 2.70 bits per heavy atom. The molecule has 1 aliphatic rings. The maximum atomic E-state index is 6.17. The molecule has 0 atom stereocenters. The van der Waals surface area contributed by atoms with Gasteiger partial charge in [0.1, 0.15) is 0 Å².